The van der Waals surface area contributed by atoms with E-state index < -0.39 is 0 Å². The summed E-state index contributed by atoms with van der Waals surface area (Å²) in [5.74, 6) is 0. The van der Waals surface area contributed by atoms with Gasteiger partial charge in [0.15, 0.2) is 0 Å². The van der Waals surface area contributed by atoms with Crippen molar-refractivity contribution in [2.24, 2.45) is 5.10 Å². The molecule has 0 heterocycles. The largest absolute Gasteiger partial charge is 0.339 e. The van der Waals surface area contributed by atoms with Crippen LogP contribution >= 0.6 is 0 Å². The third kappa shape index (κ3) is 3.30. The van der Waals surface area contributed by atoms with Crippen LogP contribution in [0.1, 0.15) is 5.56 Å². The maximum atomic E-state index is 11.7. The molecule has 0 aromatic heterocycles. The number of anilines is 1. The van der Waals surface area contributed by atoms with E-state index in [9.17, 15) is 4.79 Å². The van der Waals surface area contributed by atoms with Crippen LogP contribution in [0, 0.1) is 0 Å². The second-order valence-corrected chi connectivity index (χ2v) is 4.76. The van der Waals surface area contributed by atoms with Gasteiger partial charge in [0.05, 0.1) is 6.21 Å². The summed E-state index contributed by atoms with van der Waals surface area (Å²) in [5, 5.41) is 8.94. The molecule has 3 aromatic rings. The Kier molecular flexibility index (Phi) is 4.11. The fourth-order valence-electron chi connectivity index (χ4n) is 2.20. The highest BCUT2D eigenvalue weighted by Gasteiger charge is 1.99. The Balaban J connectivity index is 1.67. The zero-order valence-electron chi connectivity index (χ0n) is 11.9. The van der Waals surface area contributed by atoms with Crippen molar-refractivity contribution in [3.8, 4) is 0 Å². The van der Waals surface area contributed by atoms with Gasteiger partial charge in [-0.1, -0.05) is 60.7 Å². The summed E-state index contributed by atoms with van der Waals surface area (Å²) in [6.07, 6.45) is 1.65. The Hall–Kier alpha value is -3.14. The van der Waals surface area contributed by atoms with Crippen LogP contribution in [0.15, 0.2) is 77.9 Å². The van der Waals surface area contributed by atoms with Crippen LogP contribution in [0.3, 0.4) is 0 Å². The smallest absolute Gasteiger partial charge is 0.307 e. The third-order valence-corrected chi connectivity index (χ3v) is 3.22. The van der Waals surface area contributed by atoms with Crippen LogP contribution in [0.25, 0.3) is 10.8 Å². The van der Waals surface area contributed by atoms with E-state index in [1.54, 1.807) is 6.21 Å². The number of para-hydroxylation sites is 1. The molecule has 22 heavy (non-hydrogen) atoms. The minimum atomic E-state index is -0.373. The van der Waals surface area contributed by atoms with Crippen LogP contribution in [0.2, 0.25) is 0 Å². The normalized spacial score (nSPS) is 10.7. The van der Waals surface area contributed by atoms with Gasteiger partial charge in [0.1, 0.15) is 0 Å². The van der Waals surface area contributed by atoms with Crippen molar-refractivity contribution in [3.05, 3.63) is 78.4 Å². The summed E-state index contributed by atoms with van der Waals surface area (Å²) in [6, 6.07) is 22.9. The highest BCUT2D eigenvalue weighted by atomic mass is 16.2. The molecule has 0 spiro atoms. The van der Waals surface area contributed by atoms with Crippen LogP contribution in [0.4, 0.5) is 10.5 Å². The van der Waals surface area contributed by atoms with Crippen LogP contribution < -0.4 is 10.7 Å². The number of carbonyl (C=O) groups excluding carboxylic acids is 1. The average Bonchev–Trinajstić information content (AvgIpc) is 2.56. The lowest BCUT2D eigenvalue weighted by atomic mass is 10.1. The molecular weight excluding hydrogens is 274 g/mol. The number of urea groups is 1. The van der Waals surface area contributed by atoms with Gasteiger partial charge in [0.2, 0.25) is 0 Å². The molecule has 0 unspecified atom stereocenters. The monoisotopic (exact) mass is 289 g/mol. The maximum Gasteiger partial charge on any atom is 0.339 e. The summed E-state index contributed by atoms with van der Waals surface area (Å²) in [7, 11) is 0. The summed E-state index contributed by atoms with van der Waals surface area (Å²) in [5.41, 5.74) is 4.14. The maximum absolute atomic E-state index is 11.7. The molecule has 4 heteroatoms. The number of hydrogen-bond donors (Lipinski definition) is 2. The second-order valence-electron chi connectivity index (χ2n) is 4.76. The van der Waals surface area contributed by atoms with Gasteiger partial charge >= 0.3 is 6.03 Å². The molecule has 0 aliphatic carbocycles. The van der Waals surface area contributed by atoms with E-state index in [0.29, 0.717) is 0 Å². The highest BCUT2D eigenvalue weighted by molar-refractivity contribution is 6.00. The van der Waals surface area contributed by atoms with Crippen LogP contribution in [0.5, 0.6) is 0 Å². The molecule has 0 aliphatic heterocycles. The van der Waals surface area contributed by atoms with Gasteiger partial charge in [-0.15, -0.1) is 0 Å². The molecule has 108 valence electrons. The average molecular weight is 289 g/mol. The van der Waals surface area contributed by atoms with Crippen molar-refractivity contribution < 1.29 is 4.79 Å². The summed E-state index contributed by atoms with van der Waals surface area (Å²) < 4.78 is 0. The van der Waals surface area contributed by atoms with E-state index in [0.717, 1.165) is 22.0 Å². The van der Waals surface area contributed by atoms with Crippen molar-refractivity contribution in [2.75, 3.05) is 5.32 Å². The van der Waals surface area contributed by atoms with E-state index in [1.807, 2.05) is 72.8 Å². The topological polar surface area (TPSA) is 53.5 Å². The lowest BCUT2D eigenvalue weighted by Crippen LogP contribution is -2.24. The number of nitrogens with zero attached hydrogens (tertiary/aromatic N) is 1. The van der Waals surface area contributed by atoms with Crippen molar-refractivity contribution in [1.29, 1.82) is 0 Å². The fourth-order valence-corrected chi connectivity index (χ4v) is 2.20. The Morgan fingerprint density at radius 1 is 0.864 bits per heavy atom. The molecule has 0 bridgehead atoms. The van der Waals surface area contributed by atoms with Gasteiger partial charge in [-0.2, -0.15) is 5.10 Å². The summed E-state index contributed by atoms with van der Waals surface area (Å²) >= 11 is 0. The van der Waals surface area contributed by atoms with Gasteiger partial charge in [-0.05, 0) is 22.9 Å². The lowest BCUT2D eigenvalue weighted by molar-refractivity contribution is 0.252. The number of carbonyl (C=O) groups is 1. The molecule has 0 aliphatic rings. The van der Waals surface area contributed by atoms with Gasteiger partial charge in [-0.25, -0.2) is 10.2 Å². The van der Waals surface area contributed by atoms with E-state index in [-0.39, 0.29) is 6.03 Å². The molecule has 0 fully saturated rings. The van der Waals surface area contributed by atoms with Gasteiger partial charge in [-0.3, -0.25) is 0 Å². The van der Waals surface area contributed by atoms with E-state index >= 15 is 0 Å². The van der Waals surface area contributed by atoms with E-state index in [2.05, 4.69) is 15.8 Å². The predicted octanol–water partition coefficient (Wildman–Crippen LogP) is 4.00. The molecule has 0 atom stereocenters. The number of rotatable bonds is 3. The Morgan fingerprint density at radius 3 is 2.45 bits per heavy atom. The first kappa shape index (κ1) is 13.8. The first-order valence-electron chi connectivity index (χ1n) is 6.96. The molecule has 0 saturated heterocycles. The number of hydrazone groups is 1. The molecule has 3 aromatic carbocycles. The molecule has 0 saturated carbocycles. The van der Waals surface area contributed by atoms with E-state index in [1.165, 1.54) is 0 Å². The zero-order chi connectivity index (χ0) is 15.2. The van der Waals surface area contributed by atoms with E-state index in [4.69, 9.17) is 0 Å². The van der Waals surface area contributed by atoms with Gasteiger partial charge in [0.25, 0.3) is 0 Å². The molecule has 2 amide bonds. The number of fused-ring (bicyclic) bond motifs is 1. The molecular formula is C18H15N3O. The minimum Gasteiger partial charge on any atom is -0.307 e. The van der Waals surface area contributed by atoms with Crippen LogP contribution in [-0.4, -0.2) is 12.2 Å². The van der Waals surface area contributed by atoms with Gasteiger partial charge in [0, 0.05) is 11.3 Å². The minimum absolute atomic E-state index is 0.373. The van der Waals surface area contributed by atoms with Crippen molar-refractivity contribution in [3.63, 3.8) is 0 Å². The summed E-state index contributed by atoms with van der Waals surface area (Å²) in [6.45, 7) is 0. The number of benzene rings is 3. The molecule has 2 N–H and O–H groups in total. The third-order valence-electron chi connectivity index (χ3n) is 3.22. The van der Waals surface area contributed by atoms with Crippen molar-refractivity contribution in [2.45, 2.75) is 0 Å². The molecule has 0 radical (unpaired) electrons. The Labute approximate surface area is 128 Å². The second kappa shape index (κ2) is 6.54. The zero-order valence-corrected chi connectivity index (χ0v) is 11.9. The predicted molar refractivity (Wildman–Crippen MR) is 90.1 cm³/mol. The fraction of sp³-hybridized carbons (Fsp3) is 0. The number of hydrogen-bond acceptors (Lipinski definition) is 2. The quantitative estimate of drug-likeness (QED) is 0.556. The van der Waals surface area contributed by atoms with Gasteiger partial charge < -0.3 is 5.32 Å². The van der Waals surface area contributed by atoms with Crippen LogP contribution in [-0.2, 0) is 0 Å². The first-order valence-corrected chi connectivity index (χ1v) is 6.96. The SMILES string of the molecule is O=C(N/N=C\c1cccc2ccccc12)Nc1ccccc1. The summed E-state index contributed by atoms with van der Waals surface area (Å²) in [4.78, 5) is 11.7. The van der Waals surface area contributed by atoms with Crippen molar-refractivity contribution in [1.82, 2.24) is 5.43 Å². The number of nitrogens with one attached hydrogen (secondary N) is 2. The first-order chi connectivity index (χ1) is 10.8. The highest BCUT2D eigenvalue weighted by Crippen LogP contribution is 2.16. The van der Waals surface area contributed by atoms with Crippen molar-refractivity contribution >= 4 is 28.7 Å². The number of amides is 2. The Morgan fingerprint density at radius 2 is 1.59 bits per heavy atom. The lowest BCUT2D eigenvalue weighted by Gasteiger charge is -2.04. The molecule has 4 nitrogen and oxygen atoms in total. The standard InChI is InChI=1S/C18H15N3O/c22-18(20-16-10-2-1-3-11-16)21-19-13-15-9-6-8-14-7-4-5-12-17(14)15/h1-13H,(H2,20,21,22)/b19-13-. The Bertz CT molecular complexity index is 807. The molecule has 3 rings (SSSR count).